The SMILES string of the molecule is CCNC[C@]1(O)[C@H](C)OC(O[C@@H]2[C@@H](C)[C@@H](O[C@@H]3O[C@H](C)C[C@H](N(C)C)[C@H]3O)[C@](C)(O)C[C@@H](C)NC[C@@H](C)[C@H](O)[C@](C)(O)[C@H](CC)OC(=O)[C@@H]2C)C[C@@]1(C)OC. The van der Waals surface area contributed by atoms with Crippen LogP contribution in [0.3, 0.4) is 0 Å². The Morgan fingerprint density at radius 3 is 2.16 bits per heavy atom. The molecule has 7 N–H and O–H groups in total. The van der Waals surface area contributed by atoms with Gasteiger partial charge in [-0.05, 0) is 94.3 Å². The first kappa shape index (κ1) is 48.3. The Morgan fingerprint density at radius 2 is 1.60 bits per heavy atom. The molecule has 55 heavy (non-hydrogen) atoms. The van der Waals surface area contributed by atoms with E-state index in [0.29, 0.717) is 19.5 Å². The first-order valence-corrected chi connectivity index (χ1v) is 20.4. The fourth-order valence-corrected chi connectivity index (χ4v) is 9.05. The van der Waals surface area contributed by atoms with Gasteiger partial charge in [0.25, 0.3) is 0 Å². The summed E-state index contributed by atoms with van der Waals surface area (Å²) in [6, 6.07) is -0.589. The molecule has 18 atom stereocenters. The third-order valence-electron chi connectivity index (χ3n) is 12.9. The normalized spacial score (nSPS) is 48.5. The lowest BCUT2D eigenvalue weighted by Gasteiger charge is -2.53. The van der Waals surface area contributed by atoms with Crippen molar-refractivity contribution in [3.05, 3.63) is 0 Å². The van der Waals surface area contributed by atoms with E-state index in [4.69, 9.17) is 28.4 Å². The van der Waals surface area contributed by atoms with Crippen molar-refractivity contribution < 1.29 is 58.7 Å². The standard InChI is InChI=1S/C40H77N3O12/c1-15-29-39(11,48)33(45)22(3)20-42-23(4)18-37(9,47)34(55-36-31(44)28(43(12)13)17-24(5)51-36)25(6)32(26(7)35(46)53-29)54-30-19-38(10,50-14)40(49,21-41-16-2)27(8)52-30/h22-34,36,41-42,44-45,47-49H,15-21H2,1-14H3/t22-,23-,24-,25-,26-,27+,28+,29+,30?,31-,32-,33+,34-,36+,37-,38-,39-,40+/m1/s1. The van der Waals surface area contributed by atoms with Gasteiger partial charge in [0, 0.05) is 44.6 Å². The van der Waals surface area contributed by atoms with Gasteiger partial charge in [-0.3, -0.25) is 4.79 Å². The highest BCUT2D eigenvalue weighted by molar-refractivity contribution is 5.73. The molecule has 3 rings (SSSR count). The lowest BCUT2D eigenvalue weighted by Crippen LogP contribution is -2.70. The van der Waals surface area contributed by atoms with Crippen molar-refractivity contribution in [2.75, 3.05) is 40.8 Å². The van der Waals surface area contributed by atoms with E-state index in [-0.39, 0.29) is 44.0 Å². The number of nitrogens with zero attached hydrogens (tertiary/aromatic N) is 1. The van der Waals surface area contributed by atoms with Gasteiger partial charge in [0.1, 0.15) is 29.0 Å². The second-order valence-electron chi connectivity index (χ2n) is 17.8. The number of methoxy groups -OCH3 is 1. The van der Waals surface area contributed by atoms with E-state index in [1.54, 1.807) is 41.5 Å². The second kappa shape index (κ2) is 19.3. The van der Waals surface area contributed by atoms with E-state index in [1.165, 1.54) is 14.0 Å². The van der Waals surface area contributed by atoms with Gasteiger partial charge in [0.2, 0.25) is 0 Å². The summed E-state index contributed by atoms with van der Waals surface area (Å²) >= 11 is 0. The van der Waals surface area contributed by atoms with Gasteiger partial charge < -0.3 is 69.5 Å². The predicted octanol–water partition coefficient (Wildman–Crippen LogP) is 1.54. The van der Waals surface area contributed by atoms with E-state index in [1.807, 2.05) is 46.7 Å². The molecule has 3 heterocycles. The smallest absolute Gasteiger partial charge is 0.311 e. The van der Waals surface area contributed by atoms with Crippen molar-refractivity contribution in [3.8, 4) is 0 Å². The summed E-state index contributed by atoms with van der Waals surface area (Å²) in [5.41, 5.74) is -5.95. The summed E-state index contributed by atoms with van der Waals surface area (Å²) in [5.74, 6) is -2.96. The fourth-order valence-electron chi connectivity index (χ4n) is 9.05. The molecule has 0 aromatic heterocycles. The first-order chi connectivity index (χ1) is 25.4. The van der Waals surface area contributed by atoms with Crippen molar-refractivity contribution in [1.29, 1.82) is 0 Å². The Labute approximate surface area is 330 Å². The van der Waals surface area contributed by atoms with Crippen LogP contribution in [-0.4, -0.2) is 167 Å². The van der Waals surface area contributed by atoms with E-state index in [0.717, 1.165) is 0 Å². The largest absolute Gasteiger partial charge is 0.459 e. The zero-order valence-electron chi connectivity index (χ0n) is 36.1. The van der Waals surface area contributed by atoms with Crippen LogP contribution in [0.5, 0.6) is 0 Å². The van der Waals surface area contributed by atoms with Gasteiger partial charge in [-0.25, -0.2) is 0 Å². The number of nitrogens with one attached hydrogen (secondary N) is 2. The zero-order chi connectivity index (χ0) is 41.8. The molecule has 0 aliphatic carbocycles. The van der Waals surface area contributed by atoms with E-state index >= 15 is 0 Å². The Kier molecular flexibility index (Phi) is 17.0. The van der Waals surface area contributed by atoms with Crippen LogP contribution in [0.4, 0.5) is 0 Å². The third-order valence-corrected chi connectivity index (χ3v) is 12.9. The maximum absolute atomic E-state index is 14.3. The molecule has 0 spiro atoms. The Hall–Kier alpha value is -1.05. The van der Waals surface area contributed by atoms with Crippen molar-refractivity contribution in [2.45, 2.75) is 192 Å². The number of likely N-dealkylation sites (N-methyl/N-ethyl adjacent to an activating group) is 2. The summed E-state index contributed by atoms with van der Waals surface area (Å²) in [5, 5.41) is 65.7. The van der Waals surface area contributed by atoms with Gasteiger partial charge in [-0.15, -0.1) is 0 Å². The number of ether oxygens (including phenoxy) is 6. The number of aliphatic hydroxyl groups excluding tert-OH is 2. The number of cyclic esters (lactones) is 1. The molecule has 324 valence electrons. The average molecular weight is 792 g/mol. The number of esters is 1. The molecule has 3 aliphatic rings. The number of hydrogen-bond acceptors (Lipinski definition) is 15. The molecule has 3 fully saturated rings. The minimum atomic E-state index is -1.79. The van der Waals surface area contributed by atoms with Gasteiger partial charge in [-0.2, -0.15) is 0 Å². The lowest BCUT2D eigenvalue weighted by molar-refractivity contribution is -0.336. The monoisotopic (exact) mass is 792 g/mol. The molecular formula is C40H77N3O12. The van der Waals surface area contributed by atoms with Crippen LogP contribution in [0.2, 0.25) is 0 Å². The van der Waals surface area contributed by atoms with Gasteiger partial charge in [-0.1, -0.05) is 27.7 Å². The minimum Gasteiger partial charge on any atom is -0.459 e. The van der Waals surface area contributed by atoms with Gasteiger partial charge >= 0.3 is 5.97 Å². The number of carbonyl (C=O) groups is 1. The Morgan fingerprint density at radius 1 is 0.964 bits per heavy atom. The molecule has 0 saturated carbocycles. The molecule has 1 unspecified atom stereocenters. The van der Waals surface area contributed by atoms with E-state index < -0.39 is 95.3 Å². The number of rotatable bonds is 10. The van der Waals surface area contributed by atoms with E-state index in [2.05, 4.69) is 10.6 Å². The molecule has 15 nitrogen and oxygen atoms in total. The molecule has 3 saturated heterocycles. The topological polar surface area (TPSA) is 201 Å². The quantitative estimate of drug-likeness (QED) is 0.157. The van der Waals surface area contributed by atoms with E-state index in [9.17, 15) is 30.3 Å². The number of aliphatic hydroxyl groups is 5. The zero-order valence-corrected chi connectivity index (χ0v) is 36.1. The Balaban J connectivity index is 2.17. The molecule has 3 aliphatic heterocycles. The van der Waals surface area contributed by atoms with Crippen LogP contribution in [-0.2, 0) is 33.2 Å². The third kappa shape index (κ3) is 10.8. The Bertz CT molecular complexity index is 1210. The summed E-state index contributed by atoms with van der Waals surface area (Å²) in [4.78, 5) is 16.2. The molecule has 0 aromatic carbocycles. The molecule has 0 amide bonds. The van der Waals surface area contributed by atoms with Crippen LogP contribution in [0.1, 0.15) is 102 Å². The van der Waals surface area contributed by atoms with Crippen LogP contribution >= 0.6 is 0 Å². The molecule has 0 aromatic rings. The maximum atomic E-state index is 14.3. The summed E-state index contributed by atoms with van der Waals surface area (Å²) in [6.07, 6.45) is -7.60. The van der Waals surface area contributed by atoms with Crippen LogP contribution in [0, 0.1) is 17.8 Å². The molecule has 15 heteroatoms. The van der Waals surface area contributed by atoms with Crippen molar-refractivity contribution in [3.63, 3.8) is 0 Å². The first-order valence-electron chi connectivity index (χ1n) is 20.4. The van der Waals surface area contributed by atoms with Crippen LogP contribution in [0.25, 0.3) is 0 Å². The van der Waals surface area contributed by atoms with Crippen molar-refractivity contribution in [2.24, 2.45) is 17.8 Å². The van der Waals surface area contributed by atoms with Crippen molar-refractivity contribution >= 4 is 5.97 Å². The number of hydrogen-bond donors (Lipinski definition) is 7. The molecular weight excluding hydrogens is 714 g/mol. The van der Waals surface area contributed by atoms with Crippen molar-refractivity contribution in [1.82, 2.24) is 15.5 Å². The van der Waals surface area contributed by atoms with Crippen LogP contribution in [0.15, 0.2) is 0 Å². The molecule has 0 radical (unpaired) electrons. The highest BCUT2D eigenvalue weighted by Gasteiger charge is 2.58. The summed E-state index contributed by atoms with van der Waals surface area (Å²) < 4.78 is 38.2. The second-order valence-corrected chi connectivity index (χ2v) is 17.8. The highest BCUT2D eigenvalue weighted by atomic mass is 16.7. The van der Waals surface area contributed by atoms with Gasteiger partial charge in [0.15, 0.2) is 12.6 Å². The maximum Gasteiger partial charge on any atom is 0.311 e. The van der Waals surface area contributed by atoms with Crippen LogP contribution < -0.4 is 10.6 Å². The molecule has 0 bridgehead atoms. The highest BCUT2D eigenvalue weighted by Crippen LogP contribution is 2.43. The lowest BCUT2D eigenvalue weighted by atomic mass is 9.75. The number of carbonyl (C=O) groups excluding carboxylic acids is 1. The predicted molar refractivity (Wildman–Crippen MR) is 207 cm³/mol. The van der Waals surface area contributed by atoms with Gasteiger partial charge in [0.05, 0.1) is 42.0 Å². The average Bonchev–Trinajstić information content (AvgIpc) is 3.11. The summed E-state index contributed by atoms with van der Waals surface area (Å²) in [6.45, 7) is 20.6. The summed E-state index contributed by atoms with van der Waals surface area (Å²) in [7, 11) is 5.29. The fraction of sp³-hybridized carbons (Fsp3) is 0.975. The minimum absolute atomic E-state index is 0.0897.